The molecule has 0 aromatic carbocycles. The fourth-order valence-corrected chi connectivity index (χ4v) is 0.934. The lowest BCUT2D eigenvalue weighted by Gasteiger charge is -2.20. The van der Waals surface area contributed by atoms with Gasteiger partial charge in [0.15, 0.2) is 5.78 Å². The maximum atomic E-state index is 10.5. The maximum Gasteiger partial charge on any atom is 0.155 e. The van der Waals surface area contributed by atoms with E-state index in [1.165, 1.54) is 6.92 Å². The number of ether oxygens (including phenoxy) is 2. The zero-order valence-electron chi connectivity index (χ0n) is 10.3. The van der Waals surface area contributed by atoms with Crippen LogP contribution in [0.15, 0.2) is 0 Å². The molecule has 15 heavy (non-hydrogen) atoms. The number of carbonyl (C=O) groups excluding carboxylic acids is 1. The normalized spacial score (nSPS) is 11.7. The first-order chi connectivity index (χ1) is 6.92. The summed E-state index contributed by atoms with van der Waals surface area (Å²) in [5.74, 6) is 0.0457. The fraction of sp³-hybridized carbons (Fsp3) is 0.909. The highest BCUT2D eigenvalue weighted by atomic mass is 16.5. The average molecular weight is 217 g/mol. The van der Waals surface area contributed by atoms with E-state index in [-0.39, 0.29) is 17.9 Å². The van der Waals surface area contributed by atoms with Gasteiger partial charge in [0.05, 0.1) is 19.8 Å². The Hall–Kier alpha value is -0.450. The van der Waals surface area contributed by atoms with Gasteiger partial charge in [0, 0.05) is 12.1 Å². The molecule has 0 aliphatic heterocycles. The molecule has 4 nitrogen and oxygen atoms in total. The van der Waals surface area contributed by atoms with Crippen LogP contribution in [-0.2, 0) is 14.3 Å². The number of Topliss-reactive ketones (excluding diaryl/α,β-unsaturated/α-hetero) is 1. The smallest absolute Gasteiger partial charge is 0.155 e. The van der Waals surface area contributed by atoms with Crippen LogP contribution < -0.4 is 5.32 Å². The van der Waals surface area contributed by atoms with Crippen LogP contribution in [0.2, 0.25) is 0 Å². The first kappa shape index (κ1) is 14.6. The van der Waals surface area contributed by atoms with E-state index >= 15 is 0 Å². The lowest BCUT2D eigenvalue weighted by molar-refractivity contribution is -0.121. The van der Waals surface area contributed by atoms with Gasteiger partial charge >= 0.3 is 0 Å². The summed E-state index contributed by atoms with van der Waals surface area (Å²) < 4.78 is 10.4. The topological polar surface area (TPSA) is 47.6 Å². The van der Waals surface area contributed by atoms with Gasteiger partial charge in [0.25, 0.3) is 0 Å². The van der Waals surface area contributed by atoms with Crippen molar-refractivity contribution in [2.45, 2.75) is 33.2 Å². The highest BCUT2D eigenvalue weighted by Gasteiger charge is 2.06. The molecule has 0 radical (unpaired) electrons. The molecule has 0 aromatic rings. The maximum absolute atomic E-state index is 10.5. The molecular weight excluding hydrogens is 194 g/mol. The highest BCUT2D eigenvalue weighted by Crippen LogP contribution is 1.96. The third kappa shape index (κ3) is 13.6. The molecule has 4 heteroatoms. The summed E-state index contributed by atoms with van der Waals surface area (Å²) in [5.41, 5.74) is 0.133. The zero-order chi connectivity index (χ0) is 11.7. The third-order valence-corrected chi connectivity index (χ3v) is 1.58. The molecule has 0 atom stereocenters. The van der Waals surface area contributed by atoms with Crippen molar-refractivity contribution in [3.8, 4) is 0 Å². The standard InChI is InChI=1S/C11H23NO3/c1-10(13)9-15-8-7-14-6-5-12-11(2,3)4/h12H,5-9H2,1-4H3. The Morgan fingerprint density at radius 2 is 1.73 bits per heavy atom. The predicted octanol–water partition coefficient (Wildman–Crippen LogP) is 0.997. The van der Waals surface area contributed by atoms with E-state index in [1.807, 2.05) is 0 Å². The highest BCUT2D eigenvalue weighted by molar-refractivity contribution is 5.76. The molecule has 0 aliphatic carbocycles. The van der Waals surface area contributed by atoms with E-state index in [1.54, 1.807) is 0 Å². The Morgan fingerprint density at radius 3 is 2.27 bits per heavy atom. The molecule has 0 rings (SSSR count). The lowest BCUT2D eigenvalue weighted by Crippen LogP contribution is -2.38. The van der Waals surface area contributed by atoms with Crippen LogP contribution in [0.25, 0.3) is 0 Å². The van der Waals surface area contributed by atoms with Crippen molar-refractivity contribution in [3.63, 3.8) is 0 Å². The van der Waals surface area contributed by atoms with Gasteiger partial charge < -0.3 is 14.8 Å². The van der Waals surface area contributed by atoms with Crippen LogP contribution in [0.4, 0.5) is 0 Å². The summed E-state index contributed by atoms with van der Waals surface area (Å²) in [6, 6.07) is 0. The van der Waals surface area contributed by atoms with Gasteiger partial charge in [-0.05, 0) is 27.7 Å². The summed E-state index contributed by atoms with van der Waals surface area (Å²) in [7, 11) is 0. The van der Waals surface area contributed by atoms with Crippen LogP contribution >= 0.6 is 0 Å². The first-order valence-electron chi connectivity index (χ1n) is 5.32. The first-order valence-corrected chi connectivity index (χ1v) is 5.32. The predicted molar refractivity (Wildman–Crippen MR) is 60.1 cm³/mol. The van der Waals surface area contributed by atoms with E-state index in [0.29, 0.717) is 19.8 Å². The number of rotatable bonds is 8. The van der Waals surface area contributed by atoms with Crippen molar-refractivity contribution in [1.29, 1.82) is 0 Å². The minimum atomic E-state index is 0.0457. The molecule has 0 saturated carbocycles. The molecule has 0 aliphatic rings. The van der Waals surface area contributed by atoms with Crippen LogP contribution in [-0.4, -0.2) is 44.3 Å². The van der Waals surface area contributed by atoms with E-state index in [2.05, 4.69) is 26.1 Å². The summed E-state index contributed by atoms with van der Waals surface area (Å²) >= 11 is 0. The van der Waals surface area contributed by atoms with Gasteiger partial charge in [-0.15, -0.1) is 0 Å². The second-order valence-electron chi connectivity index (χ2n) is 4.54. The minimum Gasteiger partial charge on any atom is -0.378 e. The van der Waals surface area contributed by atoms with Crippen LogP contribution in [0.1, 0.15) is 27.7 Å². The summed E-state index contributed by atoms with van der Waals surface area (Å²) in [5, 5.41) is 3.31. The molecule has 90 valence electrons. The van der Waals surface area contributed by atoms with E-state index in [4.69, 9.17) is 9.47 Å². The van der Waals surface area contributed by atoms with E-state index in [0.717, 1.165) is 6.54 Å². The van der Waals surface area contributed by atoms with Crippen molar-refractivity contribution in [2.24, 2.45) is 0 Å². The van der Waals surface area contributed by atoms with Crippen molar-refractivity contribution in [2.75, 3.05) is 33.0 Å². The Bertz CT molecular complexity index is 175. The Balaban J connectivity index is 3.09. The molecule has 0 heterocycles. The average Bonchev–Trinajstić information content (AvgIpc) is 2.07. The second-order valence-corrected chi connectivity index (χ2v) is 4.54. The van der Waals surface area contributed by atoms with Crippen LogP contribution in [0.5, 0.6) is 0 Å². The number of hydrogen-bond acceptors (Lipinski definition) is 4. The van der Waals surface area contributed by atoms with Gasteiger partial charge in [-0.2, -0.15) is 0 Å². The number of ketones is 1. The number of hydrogen-bond donors (Lipinski definition) is 1. The third-order valence-electron chi connectivity index (χ3n) is 1.58. The molecule has 1 N–H and O–H groups in total. The Kier molecular flexibility index (Phi) is 7.56. The van der Waals surface area contributed by atoms with Gasteiger partial charge in [-0.25, -0.2) is 0 Å². The van der Waals surface area contributed by atoms with E-state index < -0.39 is 0 Å². The Morgan fingerprint density at radius 1 is 1.13 bits per heavy atom. The minimum absolute atomic E-state index is 0.0457. The molecule has 0 fully saturated rings. The molecular formula is C11H23NO3. The van der Waals surface area contributed by atoms with Crippen LogP contribution in [0.3, 0.4) is 0 Å². The van der Waals surface area contributed by atoms with Crippen LogP contribution in [0, 0.1) is 0 Å². The molecule has 0 bridgehead atoms. The van der Waals surface area contributed by atoms with Gasteiger partial charge in [0.2, 0.25) is 0 Å². The lowest BCUT2D eigenvalue weighted by atomic mass is 10.1. The summed E-state index contributed by atoms with van der Waals surface area (Å²) in [4.78, 5) is 10.5. The quantitative estimate of drug-likeness (QED) is 0.616. The van der Waals surface area contributed by atoms with E-state index in [9.17, 15) is 4.79 Å². The molecule has 0 amide bonds. The second kappa shape index (κ2) is 7.79. The fourth-order valence-electron chi connectivity index (χ4n) is 0.934. The summed E-state index contributed by atoms with van der Waals surface area (Å²) in [6.45, 7) is 10.6. The Labute approximate surface area is 92.3 Å². The number of nitrogens with one attached hydrogen (secondary N) is 1. The van der Waals surface area contributed by atoms with Crippen molar-refractivity contribution in [3.05, 3.63) is 0 Å². The monoisotopic (exact) mass is 217 g/mol. The van der Waals surface area contributed by atoms with Crippen molar-refractivity contribution in [1.82, 2.24) is 5.32 Å². The molecule has 0 spiro atoms. The zero-order valence-corrected chi connectivity index (χ0v) is 10.3. The van der Waals surface area contributed by atoms with Gasteiger partial charge in [0.1, 0.15) is 6.61 Å². The van der Waals surface area contributed by atoms with Crippen molar-refractivity contribution < 1.29 is 14.3 Å². The molecule has 0 unspecified atom stereocenters. The summed E-state index contributed by atoms with van der Waals surface area (Å²) in [6.07, 6.45) is 0. The number of carbonyl (C=O) groups is 1. The molecule has 0 aromatic heterocycles. The SMILES string of the molecule is CC(=O)COCCOCCNC(C)(C)C. The van der Waals surface area contributed by atoms with Gasteiger partial charge in [-0.1, -0.05) is 0 Å². The largest absolute Gasteiger partial charge is 0.378 e. The van der Waals surface area contributed by atoms with Crippen molar-refractivity contribution >= 4 is 5.78 Å². The van der Waals surface area contributed by atoms with Gasteiger partial charge in [-0.3, -0.25) is 4.79 Å². The molecule has 0 saturated heterocycles.